The third-order valence-corrected chi connectivity index (χ3v) is 2.88. The molecule has 0 atom stereocenters. The molecule has 2 amide bonds. The van der Waals surface area contributed by atoms with E-state index < -0.39 is 11.7 Å². The third-order valence-electron chi connectivity index (χ3n) is 2.88. The quantitative estimate of drug-likeness (QED) is 0.867. The van der Waals surface area contributed by atoms with Crippen LogP contribution in [0.1, 0.15) is 26.6 Å². The van der Waals surface area contributed by atoms with E-state index in [1.165, 1.54) is 0 Å². The lowest BCUT2D eigenvalue weighted by molar-refractivity contribution is -0.131. The molecule has 0 saturated carbocycles. The highest BCUT2D eigenvalue weighted by Gasteiger charge is 2.22. The molecule has 0 spiro atoms. The Morgan fingerprint density at radius 3 is 2.85 bits per heavy atom. The minimum Gasteiger partial charge on any atom is -0.444 e. The maximum absolute atomic E-state index is 12.0. The fourth-order valence-electron chi connectivity index (χ4n) is 1.96. The zero-order chi connectivity index (χ0) is 14.8. The van der Waals surface area contributed by atoms with Gasteiger partial charge in [-0.05, 0) is 20.8 Å². The summed E-state index contributed by atoms with van der Waals surface area (Å²) in [7, 11) is 0. The third kappa shape index (κ3) is 3.72. The van der Waals surface area contributed by atoms with E-state index in [1.54, 1.807) is 31.9 Å². The van der Waals surface area contributed by atoms with E-state index in [2.05, 4.69) is 10.3 Å². The molecule has 2 rings (SSSR count). The first kappa shape index (κ1) is 14.4. The van der Waals surface area contributed by atoms with Gasteiger partial charge >= 0.3 is 6.09 Å². The molecule has 0 fully saturated rings. The number of nitrogens with zero attached hydrogens (tertiary/aromatic N) is 3. The molecule has 1 aliphatic heterocycles. The molecule has 1 aromatic heterocycles. The number of hydrogen-bond donors (Lipinski definition) is 1. The summed E-state index contributed by atoms with van der Waals surface area (Å²) in [6.07, 6.45) is 3.04. The summed E-state index contributed by atoms with van der Waals surface area (Å²) in [4.78, 5) is 29.4. The van der Waals surface area contributed by atoms with E-state index in [0.717, 1.165) is 12.4 Å². The van der Waals surface area contributed by atoms with Crippen LogP contribution in [0.3, 0.4) is 0 Å². The number of carbonyl (C=O) groups excluding carboxylic acids is 2. The molecular weight excluding hydrogens is 260 g/mol. The van der Waals surface area contributed by atoms with Crippen LogP contribution in [0, 0.1) is 0 Å². The van der Waals surface area contributed by atoms with Gasteiger partial charge in [0.1, 0.15) is 18.0 Å². The maximum atomic E-state index is 12.0. The monoisotopic (exact) mass is 280 g/mol. The number of imidazole rings is 1. The highest BCUT2D eigenvalue weighted by atomic mass is 16.6. The molecule has 1 aliphatic rings. The van der Waals surface area contributed by atoms with Crippen molar-refractivity contribution in [3.05, 3.63) is 18.2 Å². The summed E-state index contributed by atoms with van der Waals surface area (Å²) < 4.78 is 7.10. The fraction of sp³-hybridized carbons (Fsp3) is 0.615. The number of fused-ring (bicyclic) bond motifs is 1. The van der Waals surface area contributed by atoms with Crippen molar-refractivity contribution in [2.45, 2.75) is 39.5 Å². The summed E-state index contributed by atoms with van der Waals surface area (Å²) in [5.74, 6) is 0.729. The van der Waals surface area contributed by atoms with Crippen molar-refractivity contribution in [3.8, 4) is 0 Å². The summed E-state index contributed by atoms with van der Waals surface area (Å²) in [6, 6.07) is 0. The van der Waals surface area contributed by atoms with Crippen LogP contribution in [0.5, 0.6) is 0 Å². The minimum absolute atomic E-state index is 0.0599. The number of ether oxygens (including phenoxy) is 1. The van der Waals surface area contributed by atoms with Crippen LogP contribution in [0.25, 0.3) is 0 Å². The lowest BCUT2D eigenvalue weighted by atomic mass is 10.2. The Morgan fingerprint density at radius 2 is 2.15 bits per heavy atom. The summed E-state index contributed by atoms with van der Waals surface area (Å²) >= 11 is 0. The van der Waals surface area contributed by atoms with Crippen molar-refractivity contribution >= 4 is 12.0 Å². The van der Waals surface area contributed by atoms with Gasteiger partial charge in [-0.2, -0.15) is 0 Å². The van der Waals surface area contributed by atoms with E-state index in [4.69, 9.17) is 4.74 Å². The Kier molecular flexibility index (Phi) is 3.96. The molecule has 0 unspecified atom stereocenters. The standard InChI is InChI=1S/C13H20N4O3/c1-13(2,3)20-12(19)15-8-11(18)17-7-6-16-5-4-14-10(16)9-17/h4-5H,6-9H2,1-3H3,(H,15,19). The zero-order valence-electron chi connectivity index (χ0n) is 12.0. The first-order valence-corrected chi connectivity index (χ1v) is 6.60. The van der Waals surface area contributed by atoms with Gasteiger partial charge in [0.05, 0.1) is 6.54 Å². The number of aromatic nitrogens is 2. The van der Waals surface area contributed by atoms with Crippen LogP contribution in [-0.2, 0) is 22.6 Å². The summed E-state index contributed by atoms with van der Waals surface area (Å²) in [5.41, 5.74) is -0.566. The van der Waals surface area contributed by atoms with Gasteiger partial charge in [0.15, 0.2) is 0 Å². The largest absolute Gasteiger partial charge is 0.444 e. The topological polar surface area (TPSA) is 76.5 Å². The molecule has 1 N–H and O–H groups in total. The second-order valence-electron chi connectivity index (χ2n) is 5.71. The van der Waals surface area contributed by atoms with E-state index in [9.17, 15) is 9.59 Å². The number of alkyl carbamates (subject to hydrolysis) is 1. The van der Waals surface area contributed by atoms with Gasteiger partial charge < -0.3 is 19.5 Å². The Morgan fingerprint density at radius 1 is 1.40 bits per heavy atom. The lowest BCUT2D eigenvalue weighted by Crippen LogP contribution is -2.44. The number of rotatable bonds is 2. The molecule has 0 aliphatic carbocycles. The molecule has 2 heterocycles. The van der Waals surface area contributed by atoms with Crippen LogP contribution in [0.15, 0.2) is 12.4 Å². The van der Waals surface area contributed by atoms with Gasteiger partial charge in [-0.25, -0.2) is 9.78 Å². The van der Waals surface area contributed by atoms with Crippen molar-refractivity contribution in [1.82, 2.24) is 19.8 Å². The van der Waals surface area contributed by atoms with Gasteiger partial charge in [-0.1, -0.05) is 0 Å². The molecule has 20 heavy (non-hydrogen) atoms. The van der Waals surface area contributed by atoms with Gasteiger partial charge in [0.2, 0.25) is 5.91 Å². The van der Waals surface area contributed by atoms with Crippen LogP contribution in [0.2, 0.25) is 0 Å². The van der Waals surface area contributed by atoms with Crippen LogP contribution >= 0.6 is 0 Å². The fourth-order valence-corrected chi connectivity index (χ4v) is 1.96. The van der Waals surface area contributed by atoms with E-state index in [-0.39, 0.29) is 12.5 Å². The van der Waals surface area contributed by atoms with Crippen LogP contribution in [0.4, 0.5) is 4.79 Å². The average Bonchev–Trinajstić information content (AvgIpc) is 2.80. The molecule has 7 heteroatoms. The lowest BCUT2D eigenvalue weighted by Gasteiger charge is -2.28. The first-order valence-electron chi connectivity index (χ1n) is 6.60. The van der Waals surface area contributed by atoms with E-state index >= 15 is 0 Å². The molecule has 0 radical (unpaired) electrons. The molecule has 1 aromatic rings. The van der Waals surface area contributed by atoms with Crippen molar-refractivity contribution in [2.75, 3.05) is 13.1 Å². The molecule has 7 nitrogen and oxygen atoms in total. The minimum atomic E-state index is -0.579. The molecule has 0 saturated heterocycles. The van der Waals surface area contributed by atoms with Crippen molar-refractivity contribution < 1.29 is 14.3 Å². The highest BCUT2D eigenvalue weighted by molar-refractivity contribution is 5.82. The van der Waals surface area contributed by atoms with E-state index in [0.29, 0.717) is 13.1 Å². The summed E-state index contributed by atoms with van der Waals surface area (Å²) in [5, 5.41) is 2.47. The normalized spacial score (nSPS) is 14.7. The number of hydrogen-bond acceptors (Lipinski definition) is 4. The Bertz CT molecular complexity index is 504. The second kappa shape index (κ2) is 5.52. The predicted molar refractivity (Wildman–Crippen MR) is 71.9 cm³/mol. The number of nitrogens with one attached hydrogen (secondary N) is 1. The number of amides is 2. The SMILES string of the molecule is CC(C)(C)OC(=O)NCC(=O)N1CCn2ccnc2C1. The maximum Gasteiger partial charge on any atom is 0.408 e. The van der Waals surface area contributed by atoms with Gasteiger partial charge in [-0.15, -0.1) is 0 Å². The summed E-state index contributed by atoms with van der Waals surface area (Å²) in [6.45, 7) is 7.10. The van der Waals surface area contributed by atoms with Crippen LogP contribution in [-0.4, -0.2) is 45.1 Å². The Hall–Kier alpha value is -2.05. The van der Waals surface area contributed by atoms with Gasteiger partial charge in [0, 0.05) is 25.5 Å². The first-order chi connectivity index (χ1) is 9.35. The van der Waals surface area contributed by atoms with Crippen molar-refractivity contribution in [1.29, 1.82) is 0 Å². The van der Waals surface area contributed by atoms with Crippen LogP contribution < -0.4 is 5.32 Å². The Balaban J connectivity index is 1.80. The predicted octanol–water partition coefficient (Wildman–Crippen LogP) is 0.750. The zero-order valence-corrected chi connectivity index (χ0v) is 12.0. The molecule has 110 valence electrons. The molecular formula is C13H20N4O3. The smallest absolute Gasteiger partial charge is 0.408 e. The Labute approximate surface area is 117 Å². The van der Waals surface area contributed by atoms with Gasteiger partial charge in [-0.3, -0.25) is 4.79 Å². The molecule has 0 bridgehead atoms. The number of carbonyl (C=O) groups is 2. The van der Waals surface area contributed by atoms with Crippen molar-refractivity contribution in [3.63, 3.8) is 0 Å². The van der Waals surface area contributed by atoms with Crippen molar-refractivity contribution in [2.24, 2.45) is 0 Å². The second-order valence-corrected chi connectivity index (χ2v) is 5.71. The molecule has 0 aromatic carbocycles. The van der Waals surface area contributed by atoms with Gasteiger partial charge in [0.25, 0.3) is 0 Å². The van der Waals surface area contributed by atoms with E-state index in [1.807, 2.05) is 10.8 Å². The average molecular weight is 280 g/mol. The highest BCUT2D eigenvalue weighted by Crippen LogP contribution is 2.10.